The number of pyridine rings is 2. The molecule has 0 spiro atoms. The number of ether oxygens (including phenoxy) is 1. The molecule has 0 aliphatic carbocycles. The van der Waals surface area contributed by atoms with E-state index in [1.807, 2.05) is 42.5 Å². The first-order valence-corrected chi connectivity index (χ1v) is 7.54. The summed E-state index contributed by atoms with van der Waals surface area (Å²) in [4.78, 5) is 8.84. The van der Waals surface area contributed by atoms with Crippen molar-refractivity contribution in [2.75, 3.05) is 12.8 Å². The molecule has 0 fully saturated rings. The van der Waals surface area contributed by atoms with E-state index in [1.165, 1.54) is 0 Å². The number of hydrogen-bond donors (Lipinski definition) is 1. The summed E-state index contributed by atoms with van der Waals surface area (Å²) in [5, 5.41) is 0.666. The maximum atomic E-state index is 6.09. The Bertz CT molecular complexity index is 819. The third kappa shape index (κ3) is 3.60. The second kappa shape index (κ2) is 6.67. The van der Waals surface area contributed by atoms with Gasteiger partial charge in [-0.15, -0.1) is 0 Å². The zero-order valence-electron chi connectivity index (χ0n) is 12.7. The standard InChI is InChI=1S/C18H16ClN3O/c1-23-16-7-6-15(9-12-5-8-17(20)21-11-12)22-18(16)13-3-2-4-14(19)10-13/h2-8,10-11H,9H2,1H3,(H2,20,21). The summed E-state index contributed by atoms with van der Waals surface area (Å²) in [5.41, 5.74) is 9.29. The Kier molecular flexibility index (Phi) is 4.44. The number of halogens is 1. The number of benzene rings is 1. The van der Waals surface area contributed by atoms with Crippen LogP contribution >= 0.6 is 11.6 Å². The van der Waals surface area contributed by atoms with Crippen molar-refractivity contribution in [2.45, 2.75) is 6.42 Å². The first-order valence-electron chi connectivity index (χ1n) is 7.16. The summed E-state index contributed by atoms with van der Waals surface area (Å²) in [6.07, 6.45) is 2.44. The highest BCUT2D eigenvalue weighted by atomic mass is 35.5. The van der Waals surface area contributed by atoms with Crippen LogP contribution in [0.5, 0.6) is 5.75 Å². The van der Waals surface area contributed by atoms with Gasteiger partial charge < -0.3 is 10.5 Å². The van der Waals surface area contributed by atoms with Gasteiger partial charge >= 0.3 is 0 Å². The first-order chi connectivity index (χ1) is 11.2. The molecule has 1 aromatic carbocycles. The molecule has 3 aromatic rings. The van der Waals surface area contributed by atoms with E-state index >= 15 is 0 Å². The van der Waals surface area contributed by atoms with Crippen LogP contribution in [0.2, 0.25) is 5.02 Å². The Hall–Kier alpha value is -2.59. The van der Waals surface area contributed by atoms with Crippen molar-refractivity contribution >= 4 is 17.4 Å². The molecule has 0 aliphatic rings. The minimum atomic E-state index is 0.510. The molecule has 0 aliphatic heterocycles. The van der Waals surface area contributed by atoms with Gasteiger partial charge in [0.2, 0.25) is 0 Å². The molecule has 0 atom stereocenters. The van der Waals surface area contributed by atoms with Gasteiger partial charge in [0.15, 0.2) is 0 Å². The number of nitrogens with zero attached hydrogens (tertiary/aromatic N) is 2. The summed E-state index contributed by atoms with van der Waals surface area (Å²) in [6.45, 7) is 0. The molecule has 5 heteroatoms. The predicted octanol–water partition coefficient (Wildman–Crippen LogP) is 3.98. The van der Waals surface area contributed by atoms with E-state index in [2.05, 4.69) is 4.98 Å². The molecule has 2 heterocycles. The summed E-state index contributed by atoms with van der Waals surface area (Å²) < 4.78 is 5.43. The van der Waals surface area contributed by atoms with Crippen LogP contribution in [0.15, 0.2) is 54.7 Å². The largest absolute Gasteiger partial charge is 0.494 e. The van der Waals surface area contributed by atoms with Crippen molar-refractivity contribution in [1.29, 1.82) is 0 Å². The lowest BCUT2D eigenvalue weighted by molar-refractivity contribution is 0.414. The van der Waals surface area contributed by atoms with Gasteiger partial charge in [0, 0.05) is 28.9 Å². The molecule has 4 nitrogen and oxygen atoms in total. The quantitative estimate of drug-likeness (QED) is 0.788. The summed E-state index contributed by atoms with van der Waals surface area (Å²) in [5.74, 6) is 1.22. The zero-order chi connectivity index (χ0) is 16.2. The van der Waals surface area contributed by atoms with Gasteiger partial charge in [0.25, 0.3) is 0 Å². The second-order valence-electron chi connectivity index (χ2n) is 5.13. The van der Waals surface area contributed by atoms with Crippen LogP contribution < -0.4 is 10.5 Å². The number of anilines is 1. The van der Waals surface area contributed by atoms with E-state index in [0.717, 1.165) is 22.5 Å². The van der Waals surface area contributed by atoms with Crippen LogP contribution in [0.3, 0.4) is 0 Å². The molecule has 0 saturated heterocycles. The fourth-order valence-electron chi connectivity index (χ4n) is 2.34. The van der Waals surface area contributed by atoms with Crippen molar-refractivity contribution in [3.05, 3.63) is 71.0 Å². The van der Waals surface area contributed by atoms with E-state index in [0.29, 0.717) is 23.0 Å². The monoisotopic (exact) mass is 325 g/mol. The van der Waals surface area contributed by atoms with Crippen LogP contribution in [-0.4, -0.2) is 17.1 Å². The molecule has 3 rings (SSSR count). The van der Waals surface area contributed by atoms with Gasteiger partial charge in [-0.2, -0.15) is 0 Å². The molecular formula is C18H16ClN3O. The lowest BCUT2D eigenvalue weighted by atomic mass is 10.1. The zero-order valence-corrected chi connectivity index (χ0v) is 13.4. The van der Waals surface area contributed by atoms with Gasteiger partial charge in [0.1, 0.15) is 17.3 Å². The van der Waals surface area contributed by atoms with Crippen LogP contribution in [-0.2, 0) is 6.42 Å². The number of rotatable bonds is 4. The lowest BCUT2D eigenvalue weighted by Crippen LogP contribution is -1.98. The molecule has 2 N–H and O–H groups in total. The molecule has 23 heavy (non-hydrogen) atoms. The predicted molar refractivity (Wildman–Crippen MR) is 92.7 cm³/mol. The third-order valence-electron chi connectivity index (χ3n) is 3.47. The van der Waals surface area contributed by atoms with Crippen molar-refractivity contribution in [3.63, 3.8) is 0 Å². The van der Waals surface area contributed by atoms with Gasteiger partial charge in [-0.3, -0.25) is 0 Å². The molecule has 0 amide bonds. The fourth-order valence-corrected chi connectivity index (χ4v) is 2.53. The maximum Gasteiger partial charge on any atom is 0.145 e. The molecule has 0 radical (unpaired) electrons. The van der Waals surface area contributed by atoms with Gasteiger partial charge in [-0.25, -0.2) is 9.97 Å². The molecule has 0 saturated carbocycles. The van der Waals surface area contributed by atoms with E-state index in [1.54, 1.807) is 19.4 Å². The Morgan fingerprint density at radius 1 is 1.13 bits per heavy atom. The molecule has 0 bridgehead atoms. The highest BCUT2D eigenvalue weighted by Gasteiger charge is 2.10. The average molecular weight is 326 g/mol. The van der Waals surface area contributed by atoms with E-state index in [-0.39, 0.29) is 0 Å². The molecule has 0 unspecified atom stereocenters. The van der Waals surface area contributed by atoms with Crippen LogP contribution in [0, 0.1) is 0 Å². The maximum absolute atomic E-state index is 6.09. The Balaban J connectivity index is 1.97. The minimum Gasteiger partial charge on any atom is -0.494 e. The topological polar surface area (TPSA) is 61.0 Å². The van der Waals surface area contributed by atoms with Crippen LogP contribution in [0.4, 0.5) is 5.82 Å². The van der Waals surface area contributed by atoms with E-state index in [9.17, 15) is 0 Å². The molecule has 2 aromatic heterocycles. The Morgan fingerprint density at radius 3 is 2.70 bits per heavy atom. The number of nitrogens with two attached hydrogens (primary N) is 1. The van der Waals surface area contributed by atoms with Crippen molar-refractivity contribution < 1.29 is 4.74 Å². The summed E-state index contributed by atoms with van der Waals surface area (Å²) in [7, 11) is 1.63. The molecular weight excluding hydrogens is 310 g/mol. The number of methoxy groups -OCH3 is 1. The number of aromatic nitrogens is 2. The second-order valence-corrected chi connectivity index (χ2v) is 5.57. The summed E-state index contributed by atoms with van der Waals surface area (Å²) >= 11 is 6.09. The highest BCUT2D eigenvalue weighted by molar-refractivity contribution is 6.30. The number of nitrogen functional groups attached to an aromatic ring is 1. The van der Waals surface area contributed by atoms with E-state index in [4.69, 9.17) is 27.1 Å². The minimum absolute atomic E-state index is 0.510. The van der Waals surface area contributed by atoms with Gasteiger partial charge in [-0.05, 0) is 35.9 Å². The van der Waals surface area contributed by atoms with Crippen molar-refractivity contribution in [1.82, 2.24) is 9.97 Å². The smallest absolute Gasteiger partial charge is 0.145 e. The van der Waals surface area contributed by atoms with Crippen molar-refractivity contribution in [3.8, 4) is 17.0 Å². The van der Waals surface area contributed by atoms with Gasteiger partial charge in [-0.1, -0.05) is 29.8 Å². The molecule has 116 valence electrons. The third-order valence-corrected chi connectivity index (χ3v) is 3.70. The normalized spacial score (nSPS) is 10.5. The fraction of sp³-hybridized carbons (Fsp3) is 0.111. The Morgan fingerprint density at radius 2 is 2.00 bits per heavy atom. The van der Waals surface area contributed by atoms with E-state index < -0.39 is 0 Å². The van der Waals surface area contributed by atoms with Gasteiger partial charge in [0.05, 0.1) is 7.11 Å². The van der Waals surface area contributed by atoms with Crippen molar-refractivity contribution in [2.24, 2.45) is 0 Å². The number of hydrogen-bond acceptors (Lipinski definition) is 4. The first kappa shape index (κ1) is 15.3. The Labute approximate surface area is 139 Å². The lowest BCUT2D eigenvalue weighted by Gasteiger charge is -2.10. The van der Waals surface area contributed by atoms with Crippen LogP contribution in [0.25, 0.3) is 11.3 Å². The summed E-state index contributed by atoms with van der Waals surface area (Å²) in [6, 6.07) is 15.2. The highest BCUT2D eigenvalue weighted by Crippen LogP contribution is 2.30. The SMILES string of the molecule is COc1ccc(Cc2ccc(N)nc2)nc1-c1cccc(Cl)c1. The van der Waals surface area contributed by atoms with Crippen LogP contribution in [0.1, 0.15) is 11.3 Å². The average Bonchev–Trinajstić information content (AvgIpc) is 2.57.